The highest BCUT2D eigenvalue weighted by Crippen LogP contribution is 2.45. The average Bonchev–Trinajstić information content (AvgIpc) is 2.41. The van der Waals surface area contributed by atoms with Crippen molar-refractivity contribution in [1.82, 2.24) is 4.90 Å². The quantitative estimate of drug-likeness (QED) is 0.862. The number of hydrogen-bond donors (Lipinski definition) is 1. The summed E-state index contributed by atoms with van der Waals surface area (Å²) in [5, 5.41) is 11.4. The van der Waals surface area contributed by atoms with Crippen LogP contribution in [0.1, 0.15) is 44.8 Å². The Morgan fingerprint density at radius 2 is 1.95 bits per heavy atom. The third kappa shape index (κ3) is 2.32. The second-order valence-electron chi connectivity index (χ2n) is 6.35. The van der Waals surface area contributed by atoms with E-state index in [1.807, 2.05) is 32.0 Å². The van der Waals surface area contributed by atoms with E-state index < -0.39 is 11.7 Å². The Hall–Kier alpha value is -0.770. The zero-order chi connectivity index (χ0) is 14.3. The van der Waals surface area contributed by atoms with E-state index in [0.29, 0.717) is 10.8 Å². The van der Waals surface area contributed by atoms with Gasteiger partial charge >= 0.3 is 0 Å². The molecule has 0 bridgehead atoms. The summed E-state index contributed by atoms with van der Waals surface area (Å²) in [6.07, 6.45) is 3.12. The number of likely N-dealkylation sites (tertiary alicyclic amines) is 1. The lowest BCUT2D eigenvalue weighted by molar-refractivity contribution is -0.0872. The van der Waals surface area contributed by atoms with Crippen molar-refractivity contribution in [2.75, 3.05) is 13.1 Å². The van der Waals surface area contributed by atoms with Crippen molar-refractivity contribution in [3.8, 4) is 5.75 Å². The molecule has 110 valence electrons. The van der Waals surface area contributed by atoms with Crippen LogP contribution in [0.5, 0.6) is 5.75 Å². The van der Waals surface area contributed by atoms with E-state index in [1.54, 1.807) is 0 Å². The van der Waals surface area contributed by atoms with Crippen molar-refractivity contribution in [2.45, 2.75) is 50.9 Å². The summed E-state index contributed by atoms with van der Waals surface area (Å²) in [7, 11) is 0. The number of piperidine rings is 1. The van der Waals surface area contributed by atoms with E-state index in [2.05, 4.69) is 4.90 Å². The number of fused-ring (bicyclic) bond motifs is 1. The first-order valence-electron chi connectivity index (χ1n) is 7.40. The molecule has 0 spiro atoms. The fourth-order valence-electron chi connectivity index (χ4n) is 3.58. The Labute approximate surface area is 125 Å². The van der Waals surface area contributed by atoms with Crippen molar-refractivity contribution in [3.05, 3.63) is 28.8 Å². The number of aliphatic hydroxyl groups is 1. The van der Waals surface area contributed by atoms with Crippen molar-refractivity contribution >= 4 is 11.6 Å². The highest BCUT2D eigenvalue weighted by atomic mass is 35.5. The summed E-state index contributed by atoms with van der Waals surface area (Å²) in [6.45, 7) is 6.15. The minimum absolute atomic E-state index is 0.0197. The number of ether oxygens (including phenoxy) is 1. The average molecular weight is 296 g/mol. The smallest absolute Gasteiger partial charge is 0.144 e. The van der Waals surface area contributed by atoms with Gasteiger partial charge in [0.25, 0.3) is 0 Å². The molecule has 1 aromatic rings. The molecule has 3 rings (SSSR count). The van der Waals surface area contributed by atoms with Gasteiger partial charge in [0.1, 0.15) is 17.5 Å². The number of para-hydroxylation sites is 1. The topological polar surface area (TPSA) is 32.7 Å². The SMILES string of the molecule is CC1(C)Oc2c(Cl)cccc2C(O)C1N1CCCCC1. The molecule has 1 aromatic carbocycles. The van der Waals surface area contributed by atoms with Crippen LogP contribution in [0.3, 0.4) is 0 Å². The van der Waals surface area contributed by atoms with Gasteiger partial charge in [-0.3, -0.25) is 4.90 Å². The zero-order valence-electron chi connectivity index (χ0n) is 12.1. The van der Waals surface area contributed by atoms with Crippen LogP contribution in [0.4, 0.5) is 0 Å². The predicted molar refractivity (Wildman–Crippen MR) is 80.3 cm³/mol. The monoisotopic (exact) mass is 295 g/mol. The molecule has 1 fully saturated rings. The molecule has 20 heavy (non-hydrogen) atoms. The maximum absolute atomic E-state index is 10.9. The summed E-state index contributed by atoms with van der Waals surface area (Å²) in [6, 6.07) is 5.58. The molecule has 2 aliphatic heterocycles. The minimum atomic E-state index is -0.550. The van der Waals surface area contributed by atoms with Gasteiger partial charge in [-0.1, -0.05) is 30.2 Å². The van der Waals surface area contributed by atoms with Gasteiger partial charge in [0.05, 0.1) is 11.1 Å². The molecule has 0 aromatic heterocycles. The first-order chi connectivity index (χ1) is 9.50. The standard InChI is InChI=1S/C16H22ClNO2/c1-16(2)15(18-9-4-3-5-10-18)13(19)11-7-6-8-12(17)14(11)20-16/h6-8,13,15,19H,3-5,9-10H2,1-2H3. The van der Waals surface area contributed by atoms with Crippen molar-refractivity contribution in [2.24, 2.45) is 0 Å². The van der Waals surface area contributed by atoms with E-state index in [0.717, 1.165) is 18.7 Å². The van der Waals surface area contributed by atoms with Gasteiger partial charge in [-0.2, -0.15) is 0 Å². The molecular weight excluding hydrogens is 274 g/mol. The Morgan fingerprint density at radius 3 is 2.65 bits per heavy atom. The maximum atomic E-state index is 10.9. The van der Waals surface area contributed by atoms with E-state index >= 15 is 0 Å². The Kier molecular flexibility index (Phi) is 3.69. The summed E-state index contributed by atoms with van der Waals surface area (Å²) in [5.74, 6) is 0.639. The third-order valence-electron chi connectivity index (χ3n) is 4.48. The molecular formula is C16H22ClNO2. The van der Waals surface area contributed by atoms with Crippen LogP contribution < -0.4 is 4.74 Å². The molecule has 0 amide bonds. The van der Waals surface area contributed by atoms with Crippen LogP contribution >= 0.6 is 11.6 Å². The number of rotatable bonds is 1. The van der Waals surface area contributed by atoms with Gasteiger partial charge in [0.2, 0.25) is 0 Å². The summed E-state index contributed by atoms with van der Waals surface area (Å²) in [4.78, 5) is 2.37. The first kappa shape index (κ1) is 14.2. The Morgan fingerprint density at radius 1 is 1.25 bits per heavy atom. The van der Waals surface area contributed by atoms with Crippen molar-refractivity contribution < 1.29 is 9.84 Å². The number of nitrogens with zero attached hydrogens (tertiary/aromatic N) is 1. The van der Waals surface area contributed by atoms with E-state index in [1.165, 1.54) is 19.3 Å². The number of halogens is 1. The molecule has 2 aliphatic rings. The van der Waals surface area contributed by atoms with Crippen LogP contribution in [-0.2, 0) is 0 Å². The van der Waals surface area contributed by atoms with E-state index in [-0.39, 0.29) is 6.04 Å². The van der Waals surface area contributed by atoms with Crippen LogP contribution in [0.2, 0.25) is 5.02 Å². The van der Waals surface area contributed by atoms with Gasteiger partial charge in [0.15, 0.2) is 0 Å². The Bertz CT molecular complexity index is 497. The highest BCUT2D eigenvalue weighted by molar-refractivity contribution is 6.32. The van der Waals surface area contributed by atoms with Gasteiger partial charge in [-0.15, -0.1) is 0 Å². The lowest BCUT2D eigenvalue weighted by Gasteiger charge is -2.49. The van der Waals surface area contributed by atoms with Gasteiger partial charge in [-0.05, 0) is 45.8 Å². The number of hydrogen-bond acceptors (Lipinski definition) is 3. The van der Waals surface area contributed by atoms with Gasteiger partial charge < -0.3 is 9.84 Å². The fraction of sp³-hybridized carbons (Fsp3) is 0.625. The third-order valence-corrected chi connectivity index (χ3v) is 4.77. The maximum Gasteiger partial charge on any atom is 0.144 e. The van der Waals surface area contributed by atoms with Crippen LogP contribution in [0, 0.1) is 0 Å². The molecule has 0 radical (unpaired) electrons. The first-order valence-corrected chi connectivity index (χ1v) is 7.78. The zero-order valence-corrected chi connectivity index (χ0v) is 12.9. The molecule has 1 N–H and O–H groups in total. The largest absolute Gasteiger partial charge is 0.484 e. The summed E-state index contributed by atoms with van der Waals surface area (Å²) < 4.78 is 6.15. The lowest BCUT2D eigenvalue weighted by Crippen LogP contribution is -2.59. The van der Waals surface area contributed by atoms with Crippen LogP contribution in [0.15, 0.2) is 18.2 Å². The molecule has 1 saturated heterocycles. The summed E-state index contributed by atoms with van der Waals surface area (Å²) in [5.41, 5.74) is 0.363. The number of benzene rings is 1. The molecule has 2 unspecified atom stereocenters. The minimum Gasteiger partial charge on any atom is -0.484 e. The summed E-state index contributed by atoms with van der Waals surface area (Å²) >= 11 is 6.22. The normalized spacial score (nSPS) is 29.6. The van der Waals surface area contributed by atoms with E-state index in [4.69, 9.17) is 16.3 Å². The lowest BCUT2D eigenvalue weighted by atomic mass is 9.84. The van der Waals surface area contributed by atoms with Gasteiger partial charge in [0, 0.05) is 5.56 Å². The van der Waals surface area contributed by atoms with Crippen LogP contribution in [-0.4, -0.2) is 34.7 Å². The highest BCUT2D eigenvalue weighted by Gasteiger charge is 2.47. The number of aliphatic hydroxyl groups excluding tert-OH is 1. The molecule has 4 heteroatoms. The second kappa shape index (κ2) is 5.21. The van der Waals surface area contributed by atoms with Crippen molar-refractivity contribution in [1.29, 1.82) is 0 Å². The van der Waals surface area contributed by atoms with E-state index in [9.17, 15) is 5.11 Å². The van der Waals surface area contributed by atoms with Crippen LogP contribution in [0.25, 0.3) is 0 Å². The van der Waals surface area contributed by atoms with Crippen molar-refractivity contribution in [3.63, 3.8) is 0 Å². The Balaban J connectivity index is 1.99. The van der Waals surface area contributed by atoms with Gasteiger partial charge in [-0.25, -0.2) is 0 Å². The predicted octanol–water partition coefficient (Wildman–Crippen LogP) is 3.40. The molecule has 2 atom stereocenters. The fourth-order valence-corrected chi connectivity index (χ4v) is 3.80. The second-order valence-corrected chi connectivity index (χ2v) is 6.76. The molecule has 0 saturated carbocycles. The molecule has 0 aliphatic carbocycles. The molecule has 3 nitrogen and oxygen atoms in total. The molecule has 2 heterocycles.